The van der Waals surface area contributed by atoms with Crippen molar-refractivity contribution in [3.63, 3.8) is 0 Å². The minimum atomic E-state index is 0.901. The Balaban J connectivity index is 2.45. The minimum absolute atomic E-state index is 0.901. The van der Waals surface area contributed by atoms with E-state index in [1.165, 1.54) is 0 Å². The van der Waals surface area contributed by atoms with Crippen molar-refractivity contribution < 1.29 is 0 Å². The third-order valence-corrected chi connectivity index (χ3v) is 3.00. The maximum absolute atomic E-state index is 4.02. The van der Waals surface area contributed by atoms with E-state index in [1.54, 1.807) is 0 Å². The van der Waals surface area contributed by atoms with E-state index in [4.69, 9.17) is 0 Å². The summed E-state index contributed by atoms with van der Waals surface area (Å²) in [7, 11) is 0. The number of nitrogens with zero attached hydrogens (tertiary/aromatic N) is 4. The van der Waals surface area contributed by atoms with Crippen LogP contribution in [0.3, 0.4) is 0 Å². The van der Waals surface area contributed by atoms with Gasteiger partial charge in [-0.05, 0) is 51.6 Å². The molecule has 0 saturated carbocycles. The van der Waals surface area contributed by atoms with Crippen molar-refractivity contribution in [2.45, 2.75) is 19.8 Å². The van der Waals surface area contributed by atoms with E-state index in [1.807, 2.05) is 28.9 Å². The summed E-state index contributed by atoms with van der Waals surface area (Å²) >= 11 is 2.29. The van der Waals surface area contributed by atoms with Gasteiger partial charge in [-0.2, -0.15) is 4.68 Å². The summed E-state index contributed by atoms with van der Waals surface area (Å²) in [6.07, 6.45) is 1.95. The second kappa shape index (κ2) is 4.69. The molecule has 0 N–H and O–H groups in total. The fourth-order valence-electron chi connectivity index (χ4n) is 1.40. The predicted octanol–water partition coefficient (Wildman–Crippen LogP) is 2.22. The lowest BCUT2D eigenvalue weighted by atomic mass is 10.3. The van der Waals surface area contributed by atoms with Gasteiger partial charge in [0.25, 0.3) is 0 Å². The molecule has 0 amide bonds. The van der Waals surface area contributed by atoms with Gasteiger partial charge in [0, 0.05) is 9.99 Å². The van der Waals surface area contributed by atoms with Gasteiger partial charge >= 0.3 is 0 Å². The molecule has 0 bridgehead atoms. The average Bonchev–Trinajstić information content (AvgIpc) is 2.67. The standard InChI is InChI=1S/C10H11IN4/c1-2-5-10-12-13-14-15(10)9-7-4-3-6-8(9)11/h3-4,6-7H,2,5H2,1H3. The second-order valence-corrected chi connectivity index (χ2v) is 4.37. The van der Waals surface area contributed by atoms with Crippen LogP contribution >= 0.6 is 22.6 Å². The van der Waals surface area contributed by atoms with Gasteiger partial charge in [0.15, 0.2) is 5.82 Å². The Bertz CT molecular complexity index is 452. The van der Waals surface area contributed by atoms with Gasteiger partial charge in [0.1, 0.15) is 0 Å². The van der Waals surface area contributed by atoms with E-state index in [0.29, 0.717) is 0 Å². The molecule has 0 spiro atoms. The molecular weight excluding hydrogens is 303 g/mol. The number of aromatic nitrogens is 4. The molecule has 0 fully saturated rings. The van der Waals surface area contributed by atoms with Gasteiger partial charge < -0.3 is 0 Å². The third-order valence-electron chi connectivity index (χ3n) is 2.09. The smallest absolute Gasteiger partial charge is 0.156 e. The van der Waals surface area contributed by atoms with Crippen LogP contribution < -0.4 is 0 Å². The van der Waals surface area contributed by atoms with Gasteiger partial charge in [-0.3, -0.25) is 0 Å². The van der Waals surface area contributed by atoms with Crippen LogP contribution in [-0.2, 0) is 6.42 Å². The van der Waals surface area contributed by atoms with Crippen molar-refractivity contribution >= 4 is 22.6 Å². The Labute approximate surface area is 102 Å². The quantitative estimate of drug-likeness (QED) is 0.816. The van der Waals surface area contributed by atoms with Crippen molar-refractivity contribution in [3.05, 3.63) is 33.7 Å². The van der Waals surface area contributed by atoms with Gasteiger partial charge in [-0.25, -0.2) is 0 Å². The van der Waals surface area contributed by atoms with Crippen molar-refractivity contribution in [1.29, 1.82) is 0 Å². The van der Waals surface area contributed by atoms with E-state index < -0.39 is 0 Å². The molecule has 1 heterocycles. The highest BCUT2D eigenvalue weighted by Crippen LogP contribution is 2.16. The van der Waals surface area contributed by atoms with Crippen molar-refractivity contribution in [1.82, 2.24) is 20.2 Å². The van der Waals surface area contributed by atoms with Crippen LogP contribution in [0.2, 0.25) is 0 Å². The molecule has 4 nitrogen and oxygen atoms in total. The number of halogens is 1. The molecule has 1 aromatic heterocycles. The number of aryl methyl sites for hydroxylation is 1. The van der Waals surface area contributed by atoms with Crippen molar-refractivity contribution in [2.24, 2.45) is 0 Å². The summed E-state index contributed by atoms with van der Waals surface area (Å²) in [6, 6.07) is 8.08. The first-order valence-electron chi connectivity index (χ1n) is 4.85. The number of hydrogen-bond acceptors (Lipinski definition) is 3. The molecule has 0 aliphatic carbocycles. The highest BCUT2D eigenvalue weighted by molar-refractivity contribution is 14.1. The first-order chi connectivity index (χ1) is 7.33. The monoisotopic (exact) mass is 314 g/mol. The number of para-hydroxylation sites is 1. The molecule has 78 valence electrons. The van der Waals surface area contributed by atoms with Crippen LogP contribution in [0, 0.1) is 3.57 Å². The Hall–Kier alpha value is -0.980. The number of rotatable bonds is 3. The Morgan fingerprint density at radius 2 is 2.13 bits per heavy atom. The van der Waals surface area contributed by atoms with Crippen LogP contribution in [0.1, 0.15) is 19.2 Å². The third kappa shape index (κ3) is 2.17. The van der Waals surface area contributed by atoms with Crippen LogP contribution in [0.5, 0.6) is 0 Å². The van der Waals surface area contributed by atoms with Crippen LogP contribution in [0.25, 0.3) is 5.69 Å². The van der Waals surface area contributed by atoms with Crippen LogP contribution in [-0.4, -0.2) is 20.2 Å². The summed E-state index contributed by atoms with van der Waals surface area (Å²) in [5, 5.41) is 11.8. The Morgan fingerprint density at radius 1 is 1.33 bits per heavy atom. The lowest BCUT2D eigenvalue weighted by Crippen LogP contribution is -2.04. The van der Waals surface area contributed by atoms with E-state index in [-0.39, 0.29) is 0 Å². The van der Waals surface area contributed by atoms with Gasteiger partial charge in [-0.15, -0.1) is 5.10 Å². The molecule has 2 rings (SSSR count). The highest BCUT2D eigenvalue weighted by atomic mass is 127. The van der Waals surface area contributed by atoms with Crippen LogP contribution in [0.4, 0.5) is 0 Å². The van der Waals surface area contributed by atoms with E-state index in [9.17, 15) is 0 Å². The molecule has 5 heteroatoms. The summed E-state index contributed by atoms with van der Waals surface area (Å²) < 4.78 is 2.96. The molecule has 0 aliphatic heterocycles. The zero-order chi connectivity index (χ0) is 10.7. The van der Waals surface area contributed by atoms with Gasteiger partial charge in [0.05, 0.1) is 5.69 Å². The summed E-state index contributed by atoms with van der Waals surface area (Å²) in [5.74, 6) is 0.918. The van der Waals surface area contributed by atoms with E-state index >= 15 is 0 Å². The summed E-state index contributed by atoms with van der Waals surface area (Å²) in [6.45, 7) is 2.12. The molecule has 0 aliphatic rings. The first kappa shape index (κ1) is 10.5. The lowest BCUT2D eigenvalue weighted by Gasteiger charge is -2.05. The molecular formula is C10H11IN4. The Morgan fingerprint density at radius 3 is 2.87 bits per heavy atom. The minimum Gasteiger partial charge on any atom is -0.196 e. The normalized spacial score (nSPS) is 10.5. The van der Waals surface area contributed by atoms with Gasteiger partial charge in [0.2, 0.25) is 0 Å². The Kier molecular flexibility index (Phi) is 3.30. The average molecular weight is 314 g/mol. The number of tetrazole rings is 1. The molecule has 0 radical (unpaired) electrons. The largest absolute Gasteiger partial charge is 0.196 e. The molecule has 0 unspecified atom stereocenters. The maximum atomic E-state index is 4.02. The first-order valence-corrected chi connectivity index (χ1v) is 5.93. The molecule has 0 saturated heterocycles. The SMILES string of the molecule is CCCc1nnnn1-c1ccccc1I. The second-order valence-electron chi connectivity index (χ2n) is 3.21. The van der Waals surface area contributed by atoms with E-state index in [2.05, 4.69) is 45.0 Å². The fraction of sp³-hybridized carbons (Fsp3) is 0.300. The maximum Gasteiger partial charge on any atom is 0.156 e. The molecule has 15 heavy (non-hydrogen) atoms. The van der Waals surface area contributed by atoms with Gasteiger partial charge in [-0.1, -0.05) is 19.1 Å². The molecule has 0 atom stereocenters. The van der Waals surface area contributed by atoms with Crippen molar-refractivity contribution in [2.75, 3.05) is 0 Å². The van der Waals surface area contributed by atoms with Crippen LogP contribution in [0.15, 0.2) is 24.3 Å². The van der Waals surface area contributed by atoms with E-state index in [0.717, 1.165) is 27.9 Å². The summed E-state index contributed by atoms with van der Waals surface area (Å²) in [4.78, 5) is 0. The lowest BCUT2D eigenvalue weighted by molar-refractivity contribution is 0.742. The molecule has 1 aromatic carbocycles. The summed E-state index contributed by atoms with van der Waals surface area (Å²) in [5.41, 5.74) is 1.05. The number of hydrogen-bond donors (Lipinski definition) is 0. The number of benzene rings is 1. The topological polar surface area (TPSA) is 43.6 Å². The molecule has 2 aromatic rings. The zero-order valence-corrected chi connectivity index (χ0v) is 10.5. The zero-order valence-electron chi connectivity index (χ0n) is 8.39. The highest BCUT2D eigenvalue weighted by Gasteiger charge is 2.08. The van der Waals surface area contributed by atoms with Crippen molar-refractivity contribution in [3.8, 4) is 5.69 Å². The fourth-order valence-corrected chi connectivity index (χ4v) is 2.01. The predicted molar refractivity (Wildman–Crippen MR) is 65.9 cm³/mol.